The maximum atomic E-state index is 12.2. The molecule has 0 fully saturated rings. The standard InChI is InChI=1S/C17H24N2O6/c1-5-8-9-25-12(4)17(20)18-13-10-15(23-6-2)16(24-7-3)11-14(13)19(21)22/h5,10-12H,1,6-9H2,2-4H3,(H,18,20). The van der Waals surface area contributed by atoms with Crippen LogP contribution in [0.1, 0.15) is 27.2 Å². The Hall–Kier alpha value is -2.61. The summed E-state index contributed by atoms with van der Waals surface area (Å²) >= 11 is 0. The molecular formula is C17H24N2O6. The number of benzene rings is 1. The van der Waals surface area contributed by atoms with E-state index in [4.69, 9.17) is 14.2 Å². The first-order valence-corrected chi connectivity index (χ1v) is 8.05. The van der Waals surface area contributed by atoms with Crippen LogP contribution in [0.2, 0.25) is 0 Å². The van der Waals surface area contributed by atoms with E-state index in [0.29, 0.717) is 32.0 Å². The summed E-state index contributed by atoms with van der Waals surface area (Å²) < 4.78 is 16.2. The summed E-state index contributed by atoms with van der Waals surface area (Å²) in [4.78, 5) is 22.9. The van der Waals surface area contributed by atoms with Gasteiger partial charge in [-0.25, -0.2) is 0 Å². The number of nitrogens with one attached hydrogen (secondary N) is 1. The predicted octanol–water partition coefficient (Wildman–Crippen LogP) is 3.31. The van der Waals surface area contributed by atoms with Crippen molar-refractivity contribution >= 4 is 17.3 Å². The lowest BCUT2D eigenvalue weighted by atomic mass is 10.2. The van der Waals surface area contributed by atoms with Crippen LogP contribution in [0.15, 0.2) is 24.8 Å². The fourth-order valence-electron chi connectivity index (χ4n) is 1.98. The van der Waals surface area contributed by atoms with Gasteiger partial charge in [0.05, 0.1) is 30.8 Å². The van der Waals surface area contributed by atoms with Crippen molar-refractivity contribution in [2.45, 2.75) is 33.3 Å². The van der Waals surface area contributed by atoms with Gasteiger partial charge >= 0.3 is 0 Å². The van der Waals surface area contributed by atoms with Gasteiger partial charge in [-0.1, -0.05) is 6.08 Å². The normalized spacial score (nSPS) is 11.5. The summed E-state index contributed by atoms with van der Waals surface area (Å²) in [6.07, 6.45) is 1.52. The van der Waals surface area contributed by atoms with Gasteiger partial charge in [-0.05, 0) is 27.2 Å². The van der Waals surface area contributed by atoms with Gasteiger partial charge in [-0.3, -0.25) is 14.9 Å². The third-order valence-corrected chi connectivity index (χ3v) is 3.18. The van der Waals surface area contributed by atoms with Crippen LogP contribution in [0.3, 0.4) is 0 Å². The first-order chi connectivity index (χ1) is 11.9. The topological polar surface area (TPSA) is 99.9 Å². The summed E-state index contributed by atoms with van der Waals surface area (Å²) in [7, 11) is 0. The number of nitrogens with zero attached hydrogens (tertiary/aromatic N) is 1. The van der Waals surface area contributed by atoms with Crippen molar-refractivity contribution in [3.63, 3.8) is 0 Å². The van der Waals surface area contributed by atoms with E-state index in [1.807, 2.05) is 0 Å². The van der Waals surface area contributed by atoms with Crippen LogP contribution in [-0.4, -0.2) is 36.8 Å². The fraction of sp³-hybridized carbons (Fsp3) is 0.471. The minimum Gasteiger partial charge on any atom is -0.490 e. The molecule has 1 amide bonds. The lowest BCUT2D eigenvalue weighted by molar-refractivity contribution is -0.384. The van der Waals surface area contributed by atoms with E-state index in [1.165, 1.54) is 12.1 Å². The number of ether oxygens (including phenoxy) is 3. The Kier molecular flexibility index (Phi) is 8.42. The Bertz CT molecular complexity index is 617. The summed E-state index contributed by atoms with van der Waals surface area (Å²) in [5, 5.41) is 13.8. The van der Waals surface area contributed by atoms with Crippen LogP contribution in [0.25, 0.3) is 0 Å². The maximum Gasteiger partial charge on any atom is 0.296 e. The third kappa shape index (κ3) is 6.07. The molecule has 8 heteroatoms. The second-order valence-corrected chi connectivity index (χ2v) is 5.02. The second kappa shape index (κ2) is 10.3. The van der Waals surface area contributed by atoms with Gasteiger partial charge in [0.15, 0.2) is 11.5 Å². The highest BCUT2D eigenvalue weighted by atomic mass is 16.6. The molecule has 0 heterocycles. The molecule has 0 saturated carbocycles. The van der Waals surface area contributed by atoms with E-state index in [2.05, 4.69) is 11.9 Å². The monoisotopic (exact) mass is 352 g/mol. The van der Waals surface area contributed by atoms with E-state index < -0.39 is 16.9 Å². The molecule has 0 bridgehead atoms. The van der Waals surface area contributed by atoms with Gasteiger partial charge in [-0.2, -0.15) is 0 Å². The maximum absolute atomic E-state index is 12.2. The highest BCUT2D eigenvalue weighted by Crippen LogP contribution is 2.38. The number of nitro groups is 1. The van der Waals surface area contributed by atoms with Crippen LogP contribution in [0.4, 0.5) is 11.4 Å². The third-order valence-electron chi connectivity index (χ3n) is 3.18. The van der Waals surface area contributed by atoms with Crippen LogP contribution in [-0.2, 0) is 9.53 Å². The predicted molar refractivity (Wildman–Crippen MR) is 94.3 cm³/mol. The smallest absolute Gasteiger partial charge is 0.296 e. The van der Waals surface area contributed by atoms with Crippen molar-refractivity contribution in [1.82, 2.24) is 0 Å². The molecule has 0 aliphatic carbocycles. The molecule has 0 radical (unpaired) electrons. The molecule has 138 valence electrons. The van der Waals surface area contributed by atoms with E-state index in [0.717, 1.165) is 0 Å². The molecule has 1 unspecified atom stereocenters. The number of anilines is 1. The quantitative estimate of drug-likeness (QED) is 0.284. The van der Waals surface area contributed by atoms with Crippen molar-refractivity contribution in [3.8, 4) is 11.5 Å². The molecule has 25 heavy (non-hydrogen) atoms. The molecule has 0 saturated heterocycles. The molecule has 1 aromatic rings. The van der Waals surface area contributed by atoms with Crippen LogP contribution in [0, 0.1) is 10.1 Å². The highest BCUT2D eigenvalue weighted by molar-refractivity contribution is 5.96. The molecule has 0 spiro atoms. The number of carbonyl (C=O) groups excluding carboxylic acids is 1. The molecule has 0 aromatic heterocycles. The average Bonchev–Trinajstić information content (AvgIpc) is 2.57. The average molecular weight is 352 g/mol. The number of nitro benzene ring substituents is 1. The SMILES string of the molecule is C=CCCOC(C)C(=O)Nc1cc(OCC)c(OCC)cc1[N+](=O)[O-]. The number of hydrogen-bond donors (Lipinski definition) is 1. The molecule has 0 aliphatic rings. The summed E-state index contributed by atoms with van der Waals surface area (Å²) in [5.41, 5.74) is -0.250. The van der Waals surface area contributed by atoms with E-state index in [9.17, 15) is 14.9 Å². The Balaban J connectivity index is 3.06. The Morgan fingerprint density at radius 1 is 1.32 bits per heavy atom. The van der Waals surface area contributed by atoms with Crippen molar-refractivity contribution in [1.29, 1.82) is 0 Å². The van der Waals surface area contributed by atoms with Crippen molar-refractivity contribution in [2.75, 3.05) is 25.1 Å². The van der Waals surface area contributed by atoms with Crippen molar-refractivity contribution < 1.29 is 23.9 Å². The van der Waals surface area contributed by atoms with E-state index in [-0.39, 0.29) is 17.1 Å². The number of carbonyl (C=O) groups is 1. The van der Waals surface area contributed by atoms with Gasteiger partial charge in [0.25, 0.3) is 11.6 Å². The molecule has 1 atom stereocenters. The Labute approximate surface area is 146 Å². The molecule has 1 rings (SSSR count). The summed E-state index contributed by atoms with van der Waals surface area (Å²) in [6, 6.07) is 2.63. The van der Waals surface area contributed by atoms with Crippen LogP contribution in [0.5, 0.6) is 11.5 Å². The minimum atomic E-state index is -0.762. The van der Waals surface area contributed by atoms with Gasteiger partial charge in [0.2, 0.25) is 0 Å². The highest BCUT2D eigenvalue weighted by Gasteiger charge is 2.23. The van der Waals surface area contributed by atoms with Crippen LogP contribution < -0.4 is 14.8 Å². The molecule has 8 nitrogen and oxygen atoms in total. The van der Waals surface area contributed by atoms with Gasteiger partial charge in [0, 0.05) is 6.07 Å². The summed E-state index contributed by atoms with van der Waals surface area (Å²) in [5.74, 6) is 0.0913. The van der Waals surface area contributed by atoms with Crippen molar-refractivity contribution in [2.24, 2.45) is 0 Å². The number of rotatable bonds is 11. The van der Waals surface area contributed by atoms with E-state index >= 15 is 0 Å². The molecule has 1 aromatic carbocycles. The number of hydrogen-bond acceptors (Lipinski definition) is 6. The zero-order valence-electron chi connectivity index (χ0n) is 14.7. The largest absolute Gasteiger partial charge is 0.490 e. The number of amides is 1. The Morgan fingerprint density at radius 2 is 1.92 bits per heavy atom. The first kappa shape index (κ1) is 20.4. The van der Waals surface area contributed by atoms with Crippen LogP contribution >= 0.6 is 0 Å². The zero-order valence-corrected chi connectivity index (χ0v) is 14.7. The van der Waals surface area contributed by atoms with E-state index in [1.54, 1.807) is 26.8 Å². The lowest BCUT2D eigenvalue weighted by Crippen LogP contribution is -2.28. The summed E-state index contributed by atoms with van der Waals surface area (Å²) in [6.45, 7) is 9.71. The lowest BCUT2D eigenvalue weighted by Gasteiger charge is -2.15. The molecular weight excluding hydrogens is 328 g/mol. The Morgan fingerprint density at radius 3 is 2.44 bits per heavy atom. The van der Waals surface area contributed by atoms with Gasteiger partial charge in [0.1, 0.15) is 11.8 Å². The van der Waals surface area contributed by atoms with Gasteiger partial charge < -0.3 is 19.5 Å². The fourth-order valence-corrected chi connectivity index (χ4v) is 1.98. The second-order valence-electron chi connectivity index (χ2n) is 5.02. The van der Waals surface area contributed by atoms with Crippen molar-refractivity contribution in [3.05, 3.63) is 34.9 Å². The van der Waals surface area contributed by atoms with Gasteiger partial charge in [-0.15, -0.1) is 6.58 Å². The zero-order chi connectivity index (χ0) is 18.8. The molecule has 0 aliphatic heterocycles. The minimum absolute atomic E-state index is 0.0288. The molecule has 1 N–H and O–H groups in total. The first-order valence-electron chi connectivity index (χ1n) is 8.05.